The molecule has 0 atom stereocenters. The monoisotopic (exact) mass is 516 g/mol. The van der Waals surface area contributed by atoms with Crippen LogP contribution in [0.1, 0.15) is 52.2 Å². The van der Waals surface area contributed by atoms with Crippen LogP contribution in [-0.4, -0.2) is 45.7 Å². The number of aryl methyl sites for hydroxylation is 3. The third-order valence-corrected chi connectivity index (χ3v) is 8.96. The maximum atomic E-state index is 13.7. The highest BCUT2D eigenvalue weighted by Crippen LogP contribution is 2.47. The molecule has 1 saturated heterocycles. The lowest BCUT2D eigenvalue weighted by Gasteiger charge is -2.38. The summed E-state index contributed by atoms with van der Waals surface area (Å²) in [5, 5.41) is 9.20. The molecule has 39 heavy (non-hydrogen) atoms. The second-order valence-corrected chi connectivity index (χ2v) is 11.4. The van der Waals surface area contributed by atoms with Crippen LogP contribution >= 0.6 is 0 Å². The molecule has 1 fully saturated rings. The number of benzene rings is 3. The van der Waals surface area contributed by atoms with Crippen LogP contribution in [0.3, 0.4) is 0 Å². The molecule has 0 bridgehead atoms. The van der Waals surface area contributed by atoms with Crippen LogP contribution in [0.4, 0.5) is 0 Å². The van der Waals surface area contributed by atoms with Gasteiger partial charge in [0.2, 0.25) is 11.8 Å². The maximum absolute atomic E-state index is 13.7. The Labute approximate surface area is 228 Å². The highest BCUT2D eigenvalue weighted by atomic mass is 16.4. The van der Waals surface area contributed by atoms with Gasteiger partial charge < -0.3 is 9.32 Å². The van der Waals surface area contributed by atoms with Crippen LogP contribution in [0.25, 0.3) is 33.5 Å². The van der Waals surface area contributed by atoms with Crippen molar-refractivity contribution in [2.45, 2.75) is 44.9 Å². The molecular weight excluding hydrogens is 484 g/mol. The first-order valence-electron chi connectivity index (χ1n) is 13.8. The number of carbonyl (C=O) groups excluding carboxylic acids is 1. The molecule has 6 nitrogen and oxygen atoms in total. The summed E-state index contributed by atoms with van der Waals surface area (Å²) < 4.78 is 7.41. The zero-order chi connectivity index (χ0) is 26.7. The number of carbonyl (C=O) groups is 1. The maximum Gasteiger partial charge on any atom is 0.262 e. The van der Waals surface area contributed by atoms with Gasteiger partial charge in [0.05, 0.1) is 5.52 Å². The van der Waals surface area contributed by atoms with E-state index in [0.717, 1.165) is 52.7 Å². The first-order chi connectivity index (χ1) is 18.9. The largest absolute Gasteiger partial charge is 0.421 e. The predicted octanol–water partition coefficient (Wildman–Crippen LogP) is 6.57. The number of hydrogen-bond donors (Lipinski definition) is 0. The fourth-order valence-electron chi connectivity index (χ4n) is 6.65. The van der Waals surface area contributed by atoms with Gasteiger partial charge >= 0.3 is 0 Å². The first-order valence-corrected chi connectivity index (χ1v) is 13.8. The number of aromatic nitrogens is 3. The number of rotatable bonds is 3. The van der Waals surface area contributed by atoms with Crippen molar-refractivity contribution in [2.75, 3.05) is 20.1 Å². The van der Waals surface area contributed by atoms with E-state index in [1.807, 2.05) is 41.1 Å². The van der Waals surface area contributed by atoms with Crippen LogP contribution < -0.4 is 0 Å². The highest BCUT2D eigenvalue weighted by Gasteiger charge is 2.41. The van der Waals surface area contributed by atoms with Gasteiger partial charge in [-0.3, -0.25) is 9.36 Å². The van der Waals surface area contributed by atoms with E-state index in [9.17, 15) is 4.79 Å². The molecule has 5 aromatic rings. The van der Waals surface area contributed by atoms with Crippen LogP contribution in [-0.2, 0) is 11.8 Å². The Bertz CT molecular complexity index is 1720. The number of piperidine rings is 1. The molecule has 3 heterocycles. The molecule has 2 aromatic heterocycles. The molecule has 0 unspecified atom stereocenters. The molecule has 7 rings (SSSR count). The topological polar surface area (TPSA) is 64.2 Å². The van der Waals surface area contributed by atoms with E-state index in [1.165, 1.54) is 30.4 Å². The first kappa shape index (κ1) is 24.0. The van der Waals surface area contributed by atoms with E-state index < -0.39 is 0 Å². The lowest BCUT2D eigenvalue weighted by atomic mass is 9.74. The smallest absolute Gasteiger partial charge is 0.262 e. The van der Waals surface area contributed by atoms with E-state index in [-0.39, 0.29) is 11.3 Å². The number of nitrogens with zero attached hydrogens (tertiary/aromatic N) is 4. The molecule has 0 N–H and O–H groups in total. The minimum Gasteiger partial charge on any atom is -0.421 e. The molecule has 1 spiro atoms. The molecule has 0 saturated carbocycles. The standard InChI is InChI=1S/C33H32N4O2/c1-21-18-27(31-35-34-22(2)39-31)8-9-28(21)23-4-6-24(7-5-23)32(38)37-15-11-26-19-25-10-12-33(29(25)20-30(26)37)13-16-36(3)17-14-33/h4-9,11,15,18-20H,10,12-14,16-17H2,1-3H3. The normalized spacial score (nSPS) is 16.7. The molecule has 3 aromatic carbocycles. The molecule has 2 aliphatic rings. The summed E-state index contributed by atoms with van der Waals surface area (Å²) in [6.45, 7) is 6.14. The van der Waals surface area contributed by atoms with Gasteiger partial charge in [-0.1, -0.05) is 18.2 Å². The average molecular weight is 517 g/mol. The number of likely N-dealkylation sites (tertiary alicyclic amines) is 1. The van der Waals surface area contributed by atoms with Crippen LogP contribution in [0.15, 0.2) is 71.3 Å². The minimum atomic E-state index is 0.00533. The summed E-state index contributed by atoms with van der Waals surface area (Å²) in [7, 11) is 2.22. The van der Waals surface area contributed by atoms with Gasteiger partial charge in [-0.15, -0.1) is 10.2 Å². The van der Waals surface area contributed by atoms with E-state index in [4.69, 9.17) is 4.42 Å². The molecular formula is C33H32N4O2. The van der Waals surface area contributed by atoms with Crippen molar-refractivity contribution in [3.05, 3.63) is 95.0 Å². The Morgan fingerprint density at radius 2 is 1.67 bits per heavy atom. The zero-order valence-electron chi connectivity index (χ0n) is 22.7. The van der Waals surface area contributed by atoms with Gasteiger partial charge in [0, 0.05) is 29.6 Å². The van der Waals surface area contributed by atoms with Crippen molar-refractivity contribution in [3.63, 3.8) is 0 Å². The Morgan fingerprint density at radius 3 is 2.38 bits per heavy atom. The Kier molecular flexibility index (Phi) is 5.56. The number of hydrogen-bond acceptors (Lipinski definition) is 5. The summed E-state index contributed by atoms with van der Waals surface area (Å²) in [4.78, 5) is 16.1. The van der Waals surface area contributed by atoms with E-state index in [0.29, 0.717) is 17.3 Å². The lowest BCUT2D eigenvalue weighted by Crippen LogP contribution is -2.39. The summed E-state index contributed by atoms with van der Waals surface area (Å²) in [6, 6.07) is 20.8. The molecule has 0 amide bonds. The lowest BCUT2D eigenvalue weighted by molar-refractivity contribution is 0.0965. The molecule has 196 valence electrons. The van der Waals surface area contributed by atoms with Gasteiger partial charge in [-0.25, -0.2) is 0 Å². The van der Waals surface area contributed by atoms with E-state index >= 15 is 0 Å². The summed E-state index contributed by atoms with van der Waals surface area (Å²) in [5.41, 5.74) is 9.10. The second-order valence-electron chi connectivity index (χ2n) is 11.4. The summed E-state index contributed by atoms with van der Waals surface area (Å²) in [6.07, 6.45) is 6.71. The average Bonchev–Trinajstić information content (AvgIpc) is 3.66. The Morgan fingerprint density at radius 1 is 0.897 bits per heavy atom. The van der Waals surface area contributed by atoms with Crippen molar-refractivity contribution in [3.8, 4) is 22.6 Å². The van der Waals surface area contributed by atoms with Crippen molar-refractivity contribution < 1.29 is 9.21 Å². The van der Waals surface area contributed by atoms with Gasteiger partial charge in [-0.2, -0.15) is 0 Å². The predicted molar refractivity (Wildman–Crippen MR) is 153 cm³/mol. The fourth-order valence-corrected chi connectivity index (χ4v) is 6.65. The second kappa shape index (κ2) is 9.02. The molecule has 1 aliphatic carbocycles. The Balaban J connectivity index is 1.18. The molecule has 6 heteroatoms. The van der Waals surface area contributed by atoms with Gasteiger partial charge in [0.15, 0.2) is 0 Å². The Hall–Kier alpha value is -4.03. The molecule has 0 radical (unpaired) electrons. The van der Waals surface area contributed by atoms with Crippen molar-refractivity contribution in [1.82, 2.24) is 19.7 Å². The quantitative estimate of drug-likeness (QED) is 0.271. The van der Waals surface area contributed by atoms with E-state index in [2.05, 4.69) is 59.4 Å². The van der Waals surface area contributed by atoms with Crippen molar-refractivity contribution in [2.24, 2.45) is 0 Å². The fraction of sp³-hybridized carbons (Fsp3) is 0.303. The van der Waals surface area contributed by atoms with Crippen molar-refractivity contribution >= 4 is 16.8 Å². The van der Waals surface area contributed by atoms with Crippen molar-refractivity contribution in [1.29, 1.82) is 0 Å². The third-order valence-electron chi connectivity index (χ3n) is 8.96. The van der Waals surface area contributed by atoms with E-state index in [1.54, 1.807) is 6.92 Å². The SMILES string of the molecule is Cc1nnc(-c2ccc(-c3ccc(C(=O)n4ccc5cc6c(cc54)C4(CC6)CCN(C)CC4)cc3)c(C)c2)o1. The van der Waals surface area contributed by atoms with Crippen LogP contribution in [0.2, 0.25) is 0 Å². The summed E-state index contributed by atoms with van der Waals surface area (Å²) in [5.74, 6) is 1.08. The van der Waals surface area contributed by atoms with Gasteiger partial charge in [0.1, 0.15) is 0 Å². The van der Waals surface area contributed by atoms with Gasteiger partial charge in [-0.05, 0) is 128 Å². The third kappa shape index (κ3) is 4.02. The highest BCUT2D eigenvalue weighted by molar-refractivity contribution is 6.02. The zero-order valence-corrected chi connectivity index (χ0v) is 22.7. The van der Waals surface area contributed by atoms with Crippen LogP contribution in [0, 0.1) is 13.8 Å². The summed E-state index contributed by atoms with van der Waals surface area (Å²) >= 11 is 0. The van der Waals surface area contributed by atoms with Crippen LogP contribution in [0.5, 0.6) is 0 Å². The number of fused-ring (bicyclic) bond motifs is 3. The molecule has 1 aliphatic heterocycles. The minimum absolute atomic E-state index is 0.00533. The van der Waals surface area contributed by atoms with Gasteiger partial charge in [0.25, 0.3) is 5.91 Å².